The molecule has 1 aliphatic carbocycles. The molecule has 0 aromatic rings. The maximum Gasteiger partial charge on any atom is 0.237 e. The monoisotopic (exact) mass is 267 g/mol. The molecule has 1 unspecified atom stereocenters. The van der Waals surface area contributed by atoms with Crippen molar-refractivity contribution in [2.24, 2.45) is 11.1 Å². The van der Waals surface area contributed by atoms with Gasteiger partial charge in [-0.3, -0.25) is 9.59 Å². The molecule has 0 bridgehead atoms. The molecule has 2 fully saturated rings. The summed E-state index contributed by atoms with van der Waals surface area (Å²) < 4.78 is 0. The molecule has 19 heavy (non-hydrogen) atoms. The van der Waals surface area contributed by atoms with Gasteiger partial charge < -0.3 is 16.0 Å². The maximum absolute atomic E-state index is 12.8. The predicted molar refractivity (Wildman–Crippen MR) is 73.4 cm³/mol. The first kappa shape index (κ1) is 14.3. The molecule has 2 rings (SSSR count). The molecule has 0 spiro atoms. The molecular weight excluding hydrogens is 242 g/mol. The van der Waals surface area contributed by atoms with Crippen molar-refractivity contribution >= 4 is 11.8 Å². The van der Waals surface area contributed by atoms with Crippen LogP contribution in [0, 0.1) is 5.41 Å². The van der Waals surface area contributed by atoms with E-state index in [4.69, 9.17) is 5.73 Å². The van der Waals surface area contributed by atoms with Gasteiger partial charge in [-0.25, -0.2) is 0 Å². The van der Waals surface area contributed by atoms with Gasteiger partial charge in [0.05, 0.1) is 6.54 Å². The zero-order chi connectivity index (χ0) is 13.9. The number of carbonyl (C=O) groups is 2. The lowest BCUT2D eigenvalue weighted by Gasteiger charge is -2.39. The molecule has 108 valence electrons. The summed E-state index contributed by atoms with van der Waals surface area (Å²) in [5.74, 6) is -0.292. The molecule has 1 heterocycles. The van der Waals surface area contributed by atoms with E-state index >= 15 is 0 Å². The van der Waals surface area contributed by atoms with Gasteiger partial charge >= 0.3 is 0 Å². The average Bonchev–Trinajstić information content (AvgIpc) is 2.89. The van der Waals surface area contributed by atoms with E-state index in [0.717, 1.165) is 45.2 Å². The third-order valence-corrected chi connectivity index (χ3v) is 4.54. The van der Waals surface area contributed by atoms with Crippen molar-refractivity contribution in [1.29, 1.82) is 0 Å². The predicted octanol–water partition coefficient (Wildman–Crippen LogP) is 0.633. The zero-order valence-electron chi connectivity index (χ0n) is 11.8. The fourth-order valence-electron chi connectivity index (χ4n) is 3.33. The molecule has 1 saturated heterocycles. The third-order valence-electron chi connectivity index (χ3n) is 4.54. The van der Waals surface area contributed by atoms with Crippen molar-refractivity contribution in [2.45, 2.75) is 51.5 Å². The van der Waals surface area contributed by atoms with E-state index in [1.54, 1.807) is 4.90 Å². The van der Waals surface area contributed by atoms with Gasteiger partial charge in [-0.1, -0.05) is 26.2 Å². The van der Waals surface area contributed by atoms with Crippen molar-refractivity contribution in [3.8, 4) is 0 Å². The summed E-state index contributed by atoms with van der Waals surface area (Å²) in [6.07, 6.45) is 6.20. The Morgan fingerprint density at radius 2 is 2.00 bits per heavy atom. The highest BCUT2D eigenvalue weighted by atomic mass is 16.2. The fraction of sp³-hybridized carbons (Fsp3) is 0.857. The summed E-state index contributed by atoms with van der Waals surface area (Å²) in [6, 6.07) is 0.124. The first-order valence-corrected chi connectivity index (χ1v) is 7.33. The largest absolute Gasteiger partial charge is 0.368 e. The average molecular weight is 267 g/mol. The third kappa shape index (κ3) is 3.26. The fourth-order valence-corrected chi connectivity index (χ4v) is 3.33. The highest BCUT2D eigenvalue weighted by Gasteiger charge is 2.40. The number of hydrogen-bond acceptors (Lipinski definition) is 3. The van der Waals surface area contributed by atoms with Crippen molar-refractivity contribution in [1.82, 2.24) is 10.2 Å². The minimum atomic E-state index is -0.417. The Bertz CT molecular complexity index is 345. The Morgan fingerprint density at radius 3 is 2.53 bits per heavy atom. The second-order valence-corrected chi connectivity index (χ2v) is 6.17. The van der Waals surface area contributed by atoms with Crippen LogP contribution in [-0.2, 0) is 9.59 Å². The van der Waals surface area contributed by atoms with Crippen LogP contribution in [0.4, 0.5) is 0 Å². The molecule has 5 heteroatoms. The number of nitrogens with zero attached hydrogens (tertiary/aromatic N) is 1. The summed E-state index contributed by atoms with van der Waals surface area (Å²) in [4.78, 5) is 25.8. The Balaban J connectivity index is 2.11. The standard InChI is InChI=1S/C14H25N3O2/c1-14(6-3-2-4-7-14)13(19)17(10-12(15)18)11-5-8-16-9-11/h11,16H,2-10H2,1H3,(H2,15,18). The molecule has 2 aliphatic rings. The Morgan fingerprint density at radius 1 is 1.32 bits per heavy atom. The van der Waals surface area contributed by atoms with Crippen LogP contribution >= 0.6 is 0 Å². The highest BCUT2D eigenvalue weighted by Crippen LogP contribution is 2.38. The van der Waals surface area contributed by atoms with Crippen LogP contribution in [-0.4, -0.2) is 42.4 Å². The van der Waals surface area contributed by atoms with Crippen LogP contribution < -0.4 is 11.1 Å². The van der Waals surface area contributed by atoms with Gasteiger partial charge in [0.15, 0.2) is 0 Å². The van der Waals surface area contributed by atoms with E-state index in [9.17, 15) is 9.59 Å². The molecule has 1 saturated carbocycles. The van der Waals surface area contributed by atoms with Crippen molar-refractivity contribution in [2.75, 3.05) is 19.6 Å². The summed E-state index contributed by atoms with van der Waals surface area (Å²) >= 11 is 0. The molecule has 3 N–H and O–H groups in total. The van der Waals surface area contributed by atoms with E-state index in [-0.39, 0.29) is 23.9 Å². The Hall–Kier alpha value is -1.10. The molecule has 0 aromatic heterocycles. The minimum Gasteiger partial charge on any atom is -0.368 e. The molecule has 5 nitrogen and oxygen atoms in total. The lowest BCUT2D eigenvalue weighted by molar-refractivity contribution is -0.147. The Labute approximate surface area is 114 Å². The first-order valence-electron chi connectivity index (χ1n) is 7.33. The molecule has 1 aliphatic heterocycles. The molecule has 2 amide bonds. The SMILES string of the molecule is CC1(C(=O)N(CC(N)=O)C2CCNC2)CCCCC1. The summed E-state index contributed by atoms with van der Waals surface area (Å²) in [6.45, 7) is 3.78. The number of carbonyl (C=O) groups excluding carboxylic acids is 2. The van der Waals surface area contributed by atoms with Gasteiger partial charge in [-0.2, -0.15) is 0 Å². The number of amides is 2. The number of nitrogens with two attached hydrogens (primary N) is 1. The van der Waals surface area contributed by atoms with Crippen LogP contribution in [0.15, 0.2) is 0 Å². The van der Waals surface area contributed by atoms with Gasteiger partial charge in [0, 0.05) is 18.0 Å². The van der Waals surface area contributed by atoms with E-state index < -0.39 is 5.91 Å². The number of primary amides is 1. The second-order valence-electron chi connectivity index (χ2n) is 6.17. The minimum absolute atomic E-state index is 0.0563. The number of nitrogens with one attached hydrogen (secondary N) is 1. The van der Waals surface area contributed by atoms with Crippen LogP contribution in [0.1, 0.15) is 45.4 Å². The zero-order valence-corrected chi connectivity index (χ0v) is 11.8. The van der Waals surface area contributed by atoms with E-state index in [2.05, 4.69) is 5.32 Å². The normalized spacial score (nSPS) is 26.1. The lowest BCUT2D eigenvalue weighted by Crippen LogP contribution is -2.52. The molecule has 0 radical (unpaired) electrons. The van der Waals surface area contributed by atoms with Gasteiger partial charge in [0.2, 0.25) is 11.8 Å². The number of rotatable bonds is 4. The van der Waals surface area contributed by atoms with Crippen molar-refractivity contribution in [3.63, 3.8) is 0 Å². The topological polar surface area (TPSA) is 75.4 Å². The Kier molecular flexibility index (Phi) is 4.45. The van der Waals surface area contributed by atoms with Crippen LogP contribution in [0.2, 0.25) is 0 Å². The van der Waals surface area contributed by atoms with Crippen LogP contribution in [0.3, 0.4) is 0 Å². The van der Waals surface area contributed by atoms with Crippen LogP contribution in [0.5, 0.6) is 0 Å². The lowest BCUT2D eigenvalue weighted by atomic mass is 9.74. The van der Waals surface area contributed by atoms with Crippen LogP contribution in [0.25, 0.3) is 0 Å². The van der Waals surface area contributed by atoms with Gasteiger partial charge in [0.25, 0.3) is 0 Å². The molecule has 0 aromatic carbocycles. The quantitative estimate of drug-likeness (QED) is 0.784. The van der Waals surface area contributed by atoms with E-state index in [1.807, 2.05) is 6.92 Å². The van der Waals surface area contributed by atoms with Crippen molar-refractivity contribution < 1.29 is 9.59 Å². The highest BCUT2D eigenvalue weighted by molar-refractivity contribution is 5.87. The summed E-state index contributed by atoms with van der Waals surface area (Å²) in [5, 5.41) is 3.25. The molecular formula is C14H25N3O2. The second kappa shape index (κ2) is 5.90. The van der Waals surface area contributed by atoms with Gasteiger partial charge in [-0.05, 0) is 25.8 Å². The van der Waals surface area contributed by atoms with Crippen molar-refractivity contribution in [3.05, 3.63) is 0 Å². The van der Waals surface area contributed by atoms with E-state index in [1.165, 1.54) is 6.42 Å². The number of hydrogen-bond donors (Lipinski definition) is 2. The van der Waals surface area contributed by atoms with Gasteiger partial charge in [-0.15, -0.1) is 0 Å². The first-order chi connectivity index (χ1) is 9.03. The molecule has 1 atom stereocenters. The van der Waals surface area contributed by atoms with E-state index in [0.29, 0.717) is 0 Å². The van der Waals surface area contributed by atoms with Gasteiger partial charge in [0.1, 0.15) is 0 Å². The maximum atomic E-state index is 12.8. The summed E-state index contributed by atoms with van der Waals surface area (Å²) in [5.41, 5.74) is 5.02. The summed E-state index contributed by atoms with van der Waals surface area (Å²) in [7, 11) is 0. The smallest absolute Gasteiger partial charge is 0.237 e.